The summed E-state index contributed by atoms with van der Waals surface area (Å²) in [4.78, 5) is 11.9. The molecule has 0 aliphatic rings. The van der Waals surface area contributed by atoms with Crippen LogP contribution < -0.4 is 5.32 Å². The number of aliphatic hydroxyl groups excluding tert-OH is 1. The Balaban J connectivity index is 2.01. The van der Waals surface area contributed by atoms with E-state index in [-0.39, 0.29) is 11.9 Å². The lowest BCUT2D eigenvalue weighted by molar-refractivity contribution is 0.0852. The van der Waals surface area contributed by atoms with E-state index in [1.807, 2.05) is 29.6 Å². The monoisotopic (exact) mass is 339 g/mol. The van der Waals surface area contributed by atoms with E-state index in [1.165, 1.54) is 11.3 Å². The smallest absolute Gasteiger partial charge is 0.252 e. The fraction of sp³-hybridized carbons (Fsp3) is 0.214. The van der Waals surface area contributed by atoms with Crippen LogP contribution in [0.3, 0.4) is 0 Å². The Morgan fingerprint density at radius 1 is 1.32 bits per heavy atom. The van der Waals surface area contributed by atoms with Gasteiger partial charge in [0.1, 0.15) is 0 Å². The first kappa shape index (κ1) is 14.2. The Bertz CT molecular complexity index is 539. The number of thiophene rings is 1. The third-order valence-corrected chi connectivity index (χ3v) is 4.04. The SMILES string of the molecule is CC(NC(=O)c1ccsc1)C(O)c1ccc(Br)cc1. The van der Waals surface area contributed by atoms with Gasteiger partial charge in [0.2, 0.25) is 0 Å². The van der Waals surface area contributed by atoms with Gasteiger partial charge in [-0.2, -0.15) is 11.3 Å². The number of halogens is 1. The second-order valence-corrected chi connectivity index (χ2v) is 5.97. The molecule has 0 aliphatic carbocycles. The van der Waals surface area contributed by atoms with Crippen molar-refractivity contribution in [1.82, 2.24) is 5.32 Å². The first-order valence-corrected chi connectivity index (χ1v) is 7.58. The van der Waals surface area contributed by atoms with Gasteiger partial charge >= 0.3 is 0 Å². The molecule has 2 aromatic rings. The summed E-state index contributed by atoms with van der Waals surface area (Å²) in [7, 11) is 0. The lowest BCUT2D eigenvalue weighted by atomic mass is 10.0. The number of benzene rings is 1. The zero-order valence-electron chi connectivity index (χ0n) is 10.3. The molecule has 0 aliphatic heterocycles. The second-order valence-electron chi connectivity index (χ2n) is 4.27. The quantitative estimate of drug-likeness (QED) is 0.897. The summed E-state index contributed by atoms with van der Waals surface area (Å²) in [6.45, 7) is 1.79. The van der Waals surface area contributed by atoms with Gasteiger partial charge in [-0.3, -0.25) is 4.79 Å². The highest BCUT2D eigenvalue weighted by Crippen LogP contribution is 2.20. The van der Waals surface area contributed by atoms with E-state index in [4.69, 9.17) is 0 Å². The molecule has 0 saturated carbocycles. The molecule has 2 atom stereocenters. The highest BCUT2D eigenvalue weighted by Gasteiger charge is 2.19. The lowest BCUT2D eigenvalue weighted by Gasteiger charge is -2.20. The summed E-state index contributed by atoms with van der Waals surface area (Å²) in [5.41, 5.74) is 1.40. The van der Waals surface area contributed by atoms with Crippen LogP contribution in [0.5, 0.6) is 0 Å². The molecule has 0 spiro atoms. The molecule has 0 fully saturated rings. The van der Waals surface area contributed by atoms with Crippen molar-refractivity contribution < 1.29 is 9.90 Å². The van der Waals surface area contributed by atoms with Crippen LogP contribution in [0.15, 0.2) is 45.6 Å². The average molecular weight is 340 g/mol. The third-order valence-electron chi connectivity index (χ3n) is 2.83. The number of carbonyl (C=O) groups excluding carboxylic acids is 1. The molecule has 2 rings (SSSR count). The maximum atomic E-state index is 11.9. The fourth-order valence-corrected chi connectivity index (χ4v) is 2.61. The predicted molar refractivity (Wildman–Crippen MR) is 80.3 cm³/mol. The number of amides is 1. The van der Waals surface area contributed by atoms with Crippen molar-refractivity contribution >= 4 is 33.2 Å². The number of rotatable bonds is 4. The van der Waals surface area contributed by atoms with Crippen LogP contribution in [-0.2, 0) is 0 Å². The van der Waals surface area contributed by atoms with E-state index in [9.17, 15) is 9.90 Å². The maximum absolute atomic E-state index is 11.9. The van der Waals surface area contributed by atoms with Crippen LogP contribution in [0.1, 0.15) is 28.9 Å². The summed E-state index contributed by atoms with van der Waals surface area (Å²) in [6.07, 6.45) is -0.726. The van der Waals surface area contributed by atoms with E-state index in [0.29, 0.717) is 5.56 Å². The second kappa shape index (κ2) is 6.32. The van der Waals surface area contributed by atoms with Gasteiger partial charge in [-0.25, -0.2) is 0 Å². The molecular weight excluding hydrogens is 326 g/mol. The third kappa shape index (κ3) is 3.65. The van der Waals surface area contributed by atoms with Crippen LogP contribution in [0.25, 0.3) is 0 Å². The largest absolute Gasteiger partial charge is 0.386 e. The highest BCUT2D eigenvalue weighted by atomic mass is 79.9. The minimum atomic E-state index is -0.726. The highest BCUT2D eigenvalue weighted by molar-refractivity contribution is 9.10. The van der Waals surface area contributed by atoms with Crippen molar-refractivity contribution in [3.05, 3.63) is 56.7 Å². The Morgan fingerprint density at radius 3 is 2.58 bits per heavy atom. The Morgan fingerprint density at radius 2 is 2.00 bits per heavy atom. The van der Waals surface area contributed by atoms with Crippen molar-refractivity contribution in [2.45, 2.75) is 19.1 Å². The zero-order chi connectivity index (χ0) is 13.8. The van der Waals surface area contributed by atoms with Gasteiger partial charge in [0, 0.05) is 15.4 Å². The van der Waals surface area contributed by atoms with Gasteiger partial charge in [0.15, 0.2) is 0 Å². The van der Waals surface area contributed by atoms with E-state index >= 15 is 0 Å². The number of nitrogens with one attached hydrogen (secondary N) is 1. The van der Waals surface area contributed by atoms with E-state index in [2.05, 4.69) is 21.2 Å². The number of aliphatic hydroxyl groups is 1. The summed E-state index contributed by atoms with van der Waals surface area (Å²) in [5, 5.41) is 16.6. The van der Waals surface area contributed by atoms with Gasteiger partial charge in [-0.15, -0.1) is 0 Å². The van der Waals surface area contributed by atoms with E-state index in [0.717, 1.165) is 10.0 Å². The first-order valence-electron chi connectivity index (χ1n) is 5.84. The molecule has 0 radical (unpaired) electrons. The summed E-state index contributed by atoms with van der Waals surface area (Å²) in [6, 6.07) is 8.81. The lowest BCUT2D eigenvalue weighted by Crippen LogP contribution is -2.36. The molecule has 2 N–H and O–H groups in total. The number of hydrogen-bond donors (Lipinski definition) is 2. The molecule has 1 aromatic carbocycles. The predicted octanol–water partition coefficient (Wildman–Crippen LogP) is 3.36. The maximum Gasteiger partial charge on any atom is 0.252 e. The van der Waals surface area contributed by atoms with Gasteiger partial charge in [-0.05, 0) is 36.1 Å². The summed E-state index contributed by atoms with van der Waals surface area (Å²) >= 11 is 4.82. The Labute approximate surface area is 124 Å². The fourth-order valence-electron chi connectivity index (χ4n) is 1.71. The molecule has 19 heavy (non-hydrogen) atoms. The normalized spacial score (nSPS) is 13.8. The topological polar surface area (TPSA) is 49.3 Å². The zero-order valence-corrected chi connectivity index (χ0v) is 12.7. The molecule has 1 heterocycles. The molecule has 2 unspecified atom stereocenters. The molecular formula is C14H14BrNO2S. The van der Waals surface area contributed by atoms with Gasteiger partial charge in [0.25, 0.3) is 5.91 Å². The van der Waals surface area contributed by atoms with E-state index < -0.39 is 6.10 Å². The molecule has 1 amide bonds. The van der Waals surface area contributed by atoms with Gasteiger partial charge < -0.3 is 10.4 Å². The van der Waals surface area contributed by atoms with Crippen molar-refractivity contribution in [1.29, 1.82) is 0 Å². The molecule has 1 aromatic heterocycles. The van der Waals surface area contributed by atoms with Crippen LogP contribution in [0.2, 0.25) is 0 Å². The van der Waals surface area contributed by atoms with Crippen molar-refractivity contribution in [2.24, 2.45) is 0 Å². The average Bonchev–Trinajstić information content (AvgIpc) is 2.92. The van der Waals surface area contributed by atoms with Crippen LogP contribution >= 0.6 is 27.3 Å². The summed E-state index contributed by atoms with van der Waals surface area (Å²) < 4.78 is 0.957. The minimum absolute atomic E-state index is 0.162. The molecule has 100 valence electrons. The number of carbonyl (C=O) groups is 1. The Kier molecular flexibility index (Phi) is 4.74. The standard InChI is InChI=1S/C14H14BrNO2S/c1-9(16-14(18)11-6-7-19-8-11)13(17)10-2-4-12(15)5-3-10/h2-9,13,17H,1H3,(H,16,18). The van der Waals surface area contributed by atoms with Crippen molar-refractivity contribution in [2.75, 3.05) is 0 Å². The number of hydrogen-bond acceptors (Lipinski definition) is 3. The molecule has 5 heteroatoms. The van der Waals surface area contributed by atoms with E-state index in [1.54, 1.807) is 18.4 Å². The van der Waals surface area contributed by atoms with Crippen LogP contribution in [0.4, 0.5) is 0 Å². The molecule has 0 bridgehead atoms. The van der Waals surface area contributed by atoms with Crippen LogP contribution in [-0.4, -0.2) is 17.1 Å². The minimum Gasteiger partial charge on any atom is -0.386 e. The molecule has 3 nitrogen and oxygen atoms in total. The van der Waals surface area contributed by atoms with Crippen molar-refractivity contribution in [3.63, 3.8) is 0 Å². The van der Waals surface area contributed by atoms with Crippen molar-refractivity contribution in [3.8, 4) is 0 Å². The summed E-state index contributed by atoms with van der Waals surface area (Å²) in [5.74, 6) is -0.162. The van der Waals surface area contributed by atoms with Gasteiger partial charge in [0.05, 0.1) is 12.1 Å². The molecule has 0 saturated heterocycles. The van der Waals surface area contributed by atoms with Gasteiger partial charge in [-0.1, -0.05) is 28.1 Å². The Hall–Kier alpha value is -1.17. The first-order chi connectivity index (χ1) is 9.08. The van der Waals surface area contributed by atoms with Crippen LogP contribution in [0, 0.1) is 0 Å².